The highest BCUT2D eigenvalue weighted by molar-refractivity contribution is 4.77. The summed E-state index contributed by atoms with van der Waals surface area (Å²) in [7, 11) is 0. The van der Waals surface area contributed by atoms with Crippen molar-refractivity contribution in [3.63, 3.8) is 0 Å². The predicted molar refractivity (Wildman–Crippen MR) is 52.1 cm³/mol. The molecule has 0 N–H and O–H groups in total. The summed E-state index contributed by atoms with van der Waals surface area (Å²) < 4.78 is 16.8. The van der Waals surface area contributed by atoms with Gasteiger partial charge in [-0.05, 0) is 13.8 Å². The molecule has 2 unspecified atom stereocenters. The minimum atomic E-state index is -0.146. The Balaban J connectivity index is 1.96. The van der Waals surface area contributed by atoms with Crippen molar-refractivity contribution in [2.45, 2.75) is 32.3 Å². The Hall–Kier alpha value is -0.160. The van der Waals surface area contributed by atoms with Gasteiger partial charge in [0.1, 0.15) is 6.10 Å². The lowest BCUT2D eigenvalue weighted by molar-refractivity contribution is -0.240. The number of nitrogens with zero attached hydrogens (tertiary/aromatic N) is 1. The number of fused-ring (bicyclic) bond motifs is 1. The fraction of sp³-hybridized carbons (Fsp3) is 1.00. The normalized spacial score (nSPS) is 35.4. The van der Waals surface area contributed by atoms with Crippen LogP contribution in [0.1, 0.15) is 13.8 Å². The topological polar surface area (TPSA) is 30.9 Å². The van der Waals surface area contributed by atoms with Crippen molar-refractivity contribution in [3.8, 4) is 0 Å². The van der Waals surface area contributed by atoms with E-state index in [0.717, 1.165) is 19.7 Å². The quantitative estimate of drug-likeness (QED) is 0.617. The Morgan fingerprint density at radius 1 is 1.07 bits per heavy atom. The van der Waals surface area contributed by atoms with Gasteiger partial charge in [-0.2, -0.15) is 0 Å². The summed E-state index contributed by atoms with van der Waals surface area (Å²) in [4.78, 5) is 2.37. The molecule has 0 radical (unpaired) electrons. The molecule has 14 heavy (non-hydrogen) atoms. The van der Waals surface area contributed by atoms with E-state index in [4.69, 9.17) is 14.2 Å². The first-order valence-electron chi connectivity index (χ1n) is 5.36. The third kappa shape index (κ3) is 2.25. The molecule has 2 aliphatic rings. The molecule has 2 aliphatic heterocycles. The summed E-state index contributed by atoms with van der Waals surface area (Å²) in [6, 6.07) is 0.544. The van der Waals surface area contributed by atoms with Crippen LogP contribution in [0.15, 0.2) is 0 Å². The molecule has 0 aromatic carbocycles. The second kappa shape index (κ2) is 4.57. The van der Waals surface area contributed by atoms with Gasteiger partial charge in [-0.3, -0.25) is 4.90 Å². The molecule has 0 spiro atoms. The van der Waals surface area contributed by atoms with Gasteiger partial charge in [-0.15, -0.1) is 0 Å². The van der Waals surface area contributed by atoms with Crippen LogP contribution in [0.2, 0.25) is 0 Å². The average Bonchev–Trinajstić information content (AvgIpc) is 2.39. The molecular formula is C10H19NO3. The van der Waals surface area contributed by atoms with E-state index in [-0.39, 0.29) is 12.4 Å². The minimum absolute atomic E-state index is 0.0913. The zero-order chi connectivity index (χ0) is 9.97. The number of ether oxygens (including phenoxy) is 3. The average molecular weight is 201 g/mol. The van der Waals surface area contributed by atoms with Gasteiger partial charge < -0.3 is 14.2 Å². The van der Waals surface area contributed by atoms with Gasteiger partial charge in [0.15, 0.2) is 6.29 Å². The molecule has 2 atom stereocenters. The lowest BCUT2D eigenvalue weighted by atomic mass is 10.2. The summed E-state index contributed by atoms with van der Waals surface area (Å²) in [5.74, 6) is 0. The van der Waals surface area contributed by atoms with Crippen LogP contribution >= 0.6 is 0 Å². The van der Waals surface area contributed by atoms with E-state index in [1.54, 1.807) is 0 Å². The Bertz CT molecular complexity index is 186. The van der Waals surface area contributed by atoms with E-state index in [1.165, 1.54) is 0 Å². The zero-order valence-electron chi connectivity index (χ0n) is 8.94. The molecule has 0 aromatic heterocycles. The molecule has 0 amide bonds. The van der Waals surface area contributed by atoms with Crippen LogP contribution in [-0.2, 0) is 14.2 Å². The first kappa shape index (κ1) is 10.4. The van der Waals surface area contributed by atoms with E-state index < -0.39 is 0 Å². The largest absolute Gasteiger partial charge is 0.369 e. The summed E-state index contributed by atoms with van der Waals surface area (Å²) in [6.45, 7) is 8.37. The SMILES string of the molecule is CC(C)N1CCOC2OCCOC2C1. The van der Waals surface area contributed by atoms with Crippen LogP contribution in [0, 0.1) is 0 Å². The second-order valence-corrected chi connectivity index (χ2v) is 4.11. The molecule has 2 heterocycles. The van der Waals surface area contributed by atoms with Crippen LogP contribution in [-0.4, -0.2) is 56.2 Å². The summed E-state index contributed by atoms with van der Waals surface area (Å²) in [5, 5.41) is 0. The summed E-state index contributed by atoms with van der Waals surface area (Å²) >= 11 is 0. The Morgan fingerprint density at radius 2 is 1.79 bits per heavy atom. The third-order valence-corrected chi connectivity index (χ3v) is 2.81. The van der Waals surface area contributed by atoms with Crippen molar-refractivity contribution in [1.82, 2.24) is 4.90 Å². The predicted octanol–water partition coefficient (Wildman–Crippen LogP) is 0.468. The molecule has 2 fully saturated rings. The van der Waals surface area contributed by atoms with E-state index >= 15 is 0 Å². The number of hydrogen-bond acceptors (Lipinski definition) is 4. The number of rotatable bonds is 1. The van der Waals surface area contributed by atoms with Crippen molar-refractivity contribution < 1.29 is 14.2 Å². The Morgan fingerprint density at radius 3 is 2.57 bits per heavy atom. The van der Waals surface area contributed by atoms with Crippen molar-refractivity contribution in [2.75, 3.05) is 32.9 Å². The molecule has 82 valence electrons. The molecule has 0 aliphatic carbocycles. The fourth-order valence-corrected chi connectivity index (χ4v) is 1.92. The molecule has 4 nitrogen and oxygen atoms in total. The minimum Gasteiger partial charge on any atom is -0.369 e. The molecule has 4 heteroatoms. The lowest BCUT2D eigenvalue weighted by Crippen LogP contribution is -2.45. The van der Waals surface area contributed by atoms with Crippen LogP contribution in [0.3, 0.4) is 0 Å². The van der Waals surface area contributed by atoms with Crippen LogP contribution in [0.25, 0.3) is 0 Å². The lowest BCUT2D eigenvalue weighted by Gasteiger charge is -2.32. The van der Waals surface area contributed by atoms with Crippen molar-refractivity contribution in [1.29, 1.82) is 0 Å². The highest BCUT2D eigenvalue weighted by Gasteiger charge is 2.32. The van der Waals surface area contributed by atoms with Crippen LogP contribution in [0.5, 0.6) is 0 Å². The fourth-order valence-electron chi connectivity index (χ4n) is 1.92. The molecular weight excluding hydrogens is 182 g/mol. The van der Waals surface area contributed by atoms with Gasteiger partial charge >= 0.3 is 0 Å². The summed E-state index contributed by atoms with van der Waals surface area (Å²) in [6.07, 6.45) is -0.0545. The molecule has 0 aromatic rings. The maximum absolute atomic E-state index is 5.65. The zero-order valence-corrected chi connectivity index (χ0v) is 8.94. The molecule has 2 saturated heterocycles. The molecule has 2 rings (SSSR count). The smallest absolute Gasteiger partial charge is 0.185 e. The molecule has 0 bridgehead atoms. The maximum atomic E-state index is 5.65. The van der Waals surface area contributed by atoms with Crippen molar-refractivity contribution in [2.24, 2.45) is 0 Å². The van der Waals surface area contributed by atoms with Gasteiger partial charge in [0.25, 0.3) is 0 Å². The molecule has 0 saturated carbocycles. The van der Waals surface area contributed by atoms with Gasteiger partial charge in [0, 0.05) is 19.1 Å². The first-order chi connectivity index (χ1) is 6.77. The highest BCUT2D eigenvalue weighted by atomic mass is 16.7. The van der Waals surface area contributed by atoms with Crippen LogP contribution < -0.4 is 0 Å². The third-order valence-electron chi connectivity index (χ3n) is 2.81. The van der Waals surface area contributed by atoms with E-state index in [1.807, 2.05) is 0 Å². The van der Waals surface area contributed by atoms with Crippen molar-refractivity contribution in [3.05, 3.63) is 0 Å². The standard InChI is InChI=1S/C10H19NO3/c1-8(2)11-3-4-13-10-9(7-11)12-5-6-14-10/h8-10H,3-7H2,1-2H3. The monoisotopic (exact) mass is 201 g/mol. The second-order valence-electron chi connectivity index (χ2n) is 4.11. The first-order valence-corrected chi connectivity index (χ1v) is 5.36. The summed E-state index contributed by atoms with van der Waals surface area (Å²) in [5.41, 5.74) is 0. The Kier molecular flexibility index (Phi) is 3.38. The van der Waals surface area contributed by atoms with E-state index in [2.05, 4.69) is 18.7 Å². The maximum Gasteiger partial charge on any atom is 0.185 e. The Labute approximate surface area is 85.1 Å². The van der Waals surface area contributed by atoms with Gasteiger partial charge in [0.05, 0.1) is 19.8 Å². The van der Waals surface area contributed by atoms with Gasteiger partial charge in [0.2, 0.25) is 0 Å². The number of hydrogen-bond donors (Lipinski definition) is 0. The van der Waals surface area contributed by atoms with E-state index in [0.29, 0.717) is 19.3 Å². The van der Waals surface area contributed by atoms with Crippen LogP contribution in [0.4, 0.5) is 0 Å². The highest BCUT2D eigenvalue weighted by Crippen LogP contribution is 2.17. The van der Waals surface area contributed by atoms with Gasteiger partial charge in [-0.1, -0.05) is 0 Å². The van der Waals surface area contributed by atoms with E-state index in [9.17, 15) is 0 Å². The van der Waals surface area contributed by atoms with Crippen molar-refractivity contribution >= 4 is 0 Å². The van der Waals surface area contributed by atoms with Gasteiger partial charge in [-0.25, -0.2) is 0 Å².